The molecule has 1 aromatic rings. The third kappa shape index (κ3) is 5.01. The second-order valence-corrected chi connectivity index (χ2v) is 3.93. The van der Waals surface area contributed by atoms with Crippen molar-refractivity contribution in [2.45, 2.75) is 19.9 Å². The zero-order valence-electron chi connectivity index (χ0n) is 10.7. The quantitative estimate of drug-likeness (QED) is 0.753. The van der Waals surface area contributed by atoms with Gasteiger partial charge in [-0.3, -0.25) is 4.79 Å². The number of hydrogen-bond donors (Lipinski definition) is 2. The van der Waals surface area contributed by atoms with Crippen molar-refractivity contribution in [3.8, 4) is 5.75 Å². The molecule has 2 N–H and O–H groups in total. The summed E-state index contributed by atoms with van der Waals surface area (Å²) in [7, 11) is 0. The summed E-state index contributed by atoms with van der Waals surface area (Å²) in [6, 6.07) is 7.24. The predicted octanol–water partition coefficient (Wildman–Crippen LogP) is 1.60. The number of carbonyl (C=O) groups is 1. The third-order valence-electron chi connectivity index (χ3n) is 2.28. The first-order valence-electron chi connectivity index (χ1n) is 5.98. The van der Waals surface area contributed by atoms with Crippen LogP contribution < -0.4 is 10.1 Å². The summed E-state index contributed by atoms with van der Waals surface area (Å²) in [4.78, 5) is 11.4. The minimum atomic E-state index is -0.234. The van der Waals surface area contributed by atoms with Crippen molar-refractivity contribution in [3.63, 3.8) is 0 Å². The summed E-state index contributed by atoms with van der Waals surface area (Å²) >= 11 is 0. The monoisotopic (exact) mass is 249 g/mol. The van der Waals surface area contributed by atoms with Gasteiger partial charge in [0.1, 0.15) is 5.75 Å². The van der Waals surface area contributed by atoms with Gasteiger partial charge >= 0.3 is 0 Å². The standard InChI is InChI=1S/C14H19NO3/c1-3-18-13-7-4-12(5-8-13)6-9-14(17)15-11(2)10-16/h4-9,11,16H,3,10H2,1-2H3,(H,15,17)/t11-/m1/s1. The second-order valence-electron chi connectivity index (χ2n) is 3.93. The number of aliphatic hydroxyl groups excluding tert-OH is 1. The van der Waals surface area contributed by atoms with Gasteiger partial charge in [0.2, 0.25) is 5.91 Å². The number of ether oxygens (including phenoxy) is 1. The molecule has 0 aromatic heterocycles. The topological polar surface area (TPSA) is 58.6 Å². The van der Waals surface area contributed by atoms with Crippen molar-refractivity contribution in [1.29, 1.82) is 0 Å². The van der Waals surface area contributed by atoms with Gasteiger partial charge in [0, 0.05) is 12.1 Å². The molecular weight excluding hydrogens is 230 g/mol. The lowest BCUT2D eigenvalue weighted by Gasteiger charge is -2.07. The molecule has 1 aromatic carbocycles. The number of amides is 1. The van der Waals surface area contributed by atoms with Crippen molar-refractivity contribution < 1.29 is 14.6 Å². The van der Waals surface area contributed by atoms with E-state index in [1.54, 1.807) is 13.0 Å². The fraction of sp³-hybridized carbons (Fsp3) is 0.357. The summed E-state index contributed by atoms with van der Waals surface area (Å²) in [5, 5.41) is 11.4. The largest absolute Gasteiger partial charge is 0.494 e. The van der Waals surface area contributed by atoms with Crippen molar-refractivity contribution in [2.75, 3.05) is 13.2 Å². The van der Waals surface area contributed by atoms with E-state index in [0.717, 1.165) is 11.3 Å². The molecule has 98 valence electrons. The highest BCUT2D eigenvalue weighted by atomic mass is 16.5. The number of hydrogen-bond acceptors (Lipinski definition) is 3. The average Bonchev–Trinajstić information content (AvgIpc) is 2.38. The van der Waals surface area contributed by atoms with E-state index in [4.69, 9.17) is 9.84 Å². The summed E-state index contributed by atoms with van der Waals surface area (Å²) in [6.45, 7) is 4.24. The lowest BCUT2D eigenvalue weighted by molar-refractivity contribution is -0.117. The molecular formula is C14H19NO3. The van der Waals surface area contributed by atoms with E-state index in [0.29, 0.717) is 6.61 Å². The van der Waals surface area contributed by atoms with Crippen LogP contribution in [-0.2, 0) is 4.79 Å². The molecule has 0 spiro atoms. The lowest BCUT2D eigenvalue weighted by atomic mass is 10.2. The zero-order valence-corrected chi connectivity index (χ0v) is 10.7. The van der Waals surface area contributed by atoms with Crippen molar-refractivity contribution in [1.82, 2.24) is 5.32 Å². The maximum Gasteiger partial charge on any atom is 0.244 e. The minimum absolute atomic E-state index is 0.0668. The molecule has 0 aliphatic rings. The zero-order chi connectivity index (χ0) is 13.4. The third-order valence-corrected chi connectivity index (χ3v) is 2.28. The van der Waals surface area contributed by atoms with Crippen molar-refractivity contribution >= 4 is 12.0 Å². The predicted molar refractivity (Wildman–Crippen MR) is 71.3 cm³/mol. The molecule has 0 aliphatic heterocycles. The number of benzene rings is 1. The second kappa shape index (κ2) is 7.50. The molecule has 4 heteroatoms. The first-order chi connectivity index (χ1) is 8.65. The summed E-state index contributed by atoms with van der Waals surface area (Å²) < 4.78 is 5.32. The van der Waals surface area contributed by atoms with E-state index in [1.807, 2.05) is 31.2 Å². The molecule has 1 amide bonds. The van der Waals surface area contributed by atoms with Crippen LogP contribution in [0.3, 0.4) is 0 Å². The van der Waals surface area contributed by atoms with E-state index in [-0.39, 0.29) is 18.6 Å². The number of aliphatic hydroxyl groups is 1. The summed E-state index contributed by atoms with van der Waals surface area (Å²) in [5.74, 6) is 0.596. The lowest BCUT2D eigenvalue weighted by Crippen LogP contribution is -2.33. The van der Waals surface area contributed by atoms with Gasteiger partial charge in [-0.1, -0.05) is 12.1 Å². The Morgan fingerprint density at radius 1 is 1.44 bits per heavy atom. The molecule has 0 unspecified atom stereocenters. The number of rotatable bonds is 6. The van der Waals surface area contributed by atoms with Gasteiger partial charge in [-0.15, -0.1) is 0 Å². The van der Waals surface area contributed by atoms with Crippen LogP contribution in [-0.4, -0.2) is 30.3 Å². The number of nitrogens with one attached hydrogen (secondary N) is 1. The fourth-order valence-corrected chi connectivity index (χ4v) is 1.35. The van der Waals surface area contributed by atoms with Crippen LogP contribution in [0.15, 0.2) is 30.3 Å². The van der Waals surface area contributed by atoms with E-state index >= 15 is 0 Å². The Balaban J connectivity index is 2.53. The van der Waals surface area contributed by atoms with E-state index in [9.17, 15) is 4.79 Å². The Morgan fingerprint density at radius 3 is 2.67 bits per heavy atom. The molecule has 18 heavy (non-hydrogen) atoms. The van der Waals surface area contributed by atoms with Gasteiger partial charge in [-0.05, 0) is 37.6 Å². The van der Waals surface area contributed by atoms with Crippen molar-refractivity contribution in [3.05, 3.63) is 35.9 Å². The van der Waals surface area contributed by atoms with Gasteiger partial charge < -0.3 is 15.2 Å². The first kappa shape index (κ1) is 14.3. The Morgan fingerprint density at radius 2 is 2.11 bits per heavy atom. The van der Waals surface area contributed by atoms with Gasteiger partial charge in [-0.2, -0.15) is 0 Å². The molecule has 4 nitrogen and oxygen atoms in total. The Labute approximate surface area is 107 Å². The molecule has 0 fully saturated rings. The summed E-state index contributed by atoms with van der Waals surface area (Å²) in [6.07, 6.45) is 3.16. The average molecular weight is 249 g/mol. The maximum atomic E-state index is 11.4. The van der Waals surface area contributed by atoms with E-state index in [2.05, 4.69) is 5.32 Å². The van der Waals surface area contributed by atoms with Gasteiger partial charge in [0.25, 0.3) is 0 Å². The molecule has 0 saturated heterocycles. The van der Waals surface area contributed by atoms with Crippen LogP contribution in [0.25, 0.3) is 6.08 Å². The Bertz CT molecular complexity index is 398. The Kier molecular flexibility index (Phi) is 5.94. The van der Waals surface area contributed by atoms with E-state index in [1.165, 1.54) is 6.08 Å². The molecule has 1 rings (SSSR count). The highest BCUT2D eigenvalue weighted by Gasteiger charge is 2.01. The van der Waals surface area contributed by atoms with Crippen LogP contribution in [0, 0.1) is 0 Å². The molecule has 1 atom stereocenters. The van der Waals surface area contributed by atoms with Crippen LogP contribution in [0.5, 0.6) is 5.75 Å². The molecule has 0 heterocycles. The molecule has 0 aliphatic carbocycles. The van der Waals surface area contributed by atoms with Crippen LogP contribution in [0.2, 0.25) is 0 Å². The fourth-order valence-electron chi connectivity index (χ4n) is 1.35. The Hall–Kier alpha value is -1.81. The van der Waals surface area contributed by atoms with Crippen LogP contribution in [0.1, 0.15) is 19.4 Å². The number of carbonyl (C=O) groups excluding carboxylic acids is 1. The smallest absolute Gasteiger partial charge is 0.244 e. The SMILES string of the molecule is CCOc1ccc(C=CC(=O)N[C@H](C)CO)cc1. The van der Waals surface area contributed by atoms with E-state index < -0.39 is 0 Å². The minimum Gasteiger partial charge on any atom is -0.494 e. The summed E-state index contributed by atoms with van der Waals surface area (Å²) in [5.41, 5.74) is 0.922. The molecule has 0 saturated carbocycles. The van der Waals surface area contributed by atoms with Crippen molar-refractivity contribution in [2.24, 2.45) is 0 Å². The highest BCUT2D eigenvalue weighted by Crippen LogP contribution is 2.12. The van der Waals surface area contributed by atoms with Crippen LogP contribution >= 0.6 is 0 Å². The molecule has 0 bridgehead atoms. The van der Waals surface area contributed by atoms with Gasteiger partial charge in [0.05, 0.1) is 13.2 Å². The molecule has 0 radical (unpaired) electrons. The van der Waals surface area contributed by atoms with Crippen LogP contribution in [0.4, 0.5) is 0 Å². The first-order valence-corrected chi connectivity index (χ1v) is 5.98. The van der Waals surface area contributed by atoms with Gasteiger partial charge in [-0.25, -0.2) is 0 Å². The maximum absolute atomic E-state index is 11.4. The highest BCUT2D eigenvalue weighted by molar-refractivity contribution is 5.91. The van der Waals surface area contributed by atoms with Gasteiger partial charge in [0.15, 0.2) is 0 Å². The normalized spacial score (nSPS) is 12.4.